The number of phenolic OH excluding ortho intramolecular Hbond substituents is 6. The average Bonchev–Trinajstić information content (AvgIpc) is 3.62. The largest absolute Gasteiger partial charge is 0.507 e. The van der Waals surface area contributed by atoms with Crippen molar-refractivity contribution in [3.8, 4) is 74.6 Å². The number of carbonyl (C=O) groups excluding carboxylic acids is 1. The fourth-order valence-corrected chi connectivity index (χ4v) is 7.82. The monoisotopic (exact) mass is 790 g/mol. The maximum Gasteiger partial charge on any atom is 0.338 e. The zero-order valence-electron chi connectivity index (χ0n) is 29.2. The molecule has 4 aromatic carbocycles. The molecular weight excluding hydrogens is 760 g/mol. The first-order chi connectivity index (χ1) is 27.0. The predicted molar refractivity (Wildman–Crippen MR) is 186 cm³/mol. The Morgan fingerprint density at radius 2 is 1.42 bits per heavy atom. The average molecular weight is 791 g/mol. The lowest BCUT2D eigenvalue weighted by atomic mass is 9.76. The lowest BCUT2D eigenvalue weighted by Gasteiger charge is -2.40. The number of fused-ring (bicyclic) bond motifs is 5. The van der Waals surface area contributed by atoms with Crippen molar-refractivity contribution in [3.05, 3.63) is 74.4 Å². The molecule has 0 spiro atoms. The Hall–Kier alpha value is -6.64. The van der Waals surface area contributed by atoms with Crippen LogP contribution >= 0.6 is 0 Å². The van der Waals surface area contributed by atoms with Crippen molar-refractivity contribution < 1.29 is 89.1 Å². The van der Waals surface area contributed by atoms with Gasteiger partial charge in [-0.1, -0.05) is 0 Å². The number of rotatable bonds is 4. The van der Waals surface area contributed by atoms with Gasteiger partial charge in [-0.05, 0) is 38.1 Å². The summed E-state index contributed by atoms with van der Waals surface area (Å²) < 4.78 is 36.2. The Balaban J connectivity index is 1.25. The Labute approximate surface area is 317 Å². The van der Waals surface area contributed by atoms with Gasteiger partial charge in [0.05, 0.1) is 12.2 Å². The van der Waals surface area contributed by atoms with Crippen molar-refractivity contribution in [2.45, 2.75) is 55.9 Å². The van der Waals surface area contributed by atoms with E-state index in [-0.39, 0.29) is 45.1 Å². The molecule has 7 unspecified atom stereocenters. The number of carbonyl (C=O) groups is 1. The molecule has 19 heteroatoms. The molecule has 4 aliphatic rings. The fourth-order valence-electron chi connectivity index (χ4n) is 7.82. The van der Waals surface area contributed by atoms with Crippen LogP contribution in [0.2, 0.25) is 0 Å². The minimum absolute atomic E-state index is 0.101. The molecule has 0 amide bonds. The molecule has 0 radical (unpaired) electrons. The predicted octanol–water partition coefficient (Wildman–Crippen LogP) is 1.30. The van der Waals surface area contributed by atoms with Gasteiger partial charge in [0.15, 0.2) is 34.3 Å². The molecule has 0 saturated carbocycles. The van der Waals surface area contributed by atoms with Crippen LogP contribution < -0.4 is 24.4 Å². The van der Waals surface area contributed by atoms with Crippen LogP contribution in [-0.2, 0) is 16.1 Å². The van der Waals surface area contributed by atoms with E-state index in [1.165, 1.54) is 19.9 Å². The number of aliphatic hydroxyl groups is 4. The van der Waals surface area contributed by atoms with Crippen molar-refractivity contribution in [3.63, 3.8) is 0 Å². The molecule has 1 aromatic heterocycles. The van der Waals surface area contributed by atoms with Crippen molar-refractivity contribution in [1.82, 2.24) is 0 Å². The summed E-state index contributed by atoms with van der Waals surface area (Å²) in [4.78, 5) is 28.9. The maximum absolute atomic E-state index is 14.9. The van der Waals surface area contributed by atoms with E-state index in [1.807, 2.05) is 0 Å². The highest BCUT2D eigenvalue weighted by Crippen LogP contribution is 2.69. The second kappa shape index (κ2) is 11.7. The number of ketones is 1. The molecule has 4 aliphatic heterocycles. The summed E-state index contributed by atoms with van der Waals surface area (Å²) in [5, 5.41) is 116. The maximum atomic E-state index is 14.9. The van der Waals surface area contributed by atoms with Gasteiger partial charge < -0.3 is 84.3 Å². The fraction of sp³-hybridized carbons (Fsp3) is 0.263. The lowest BCUT2D eigenvalue weighted by molar-refractivity contribution is -0.277. The van der Waals surface area contributed by atoms with Crippen LogP contribution in [-0.4, -0.2) is 99.3 Å². The number of aromatic hydroxyl groups is 7. The van der Waals surface area contributed by atoms with E-state index in [1.54, 1.807) is 0 Å². The Morgan fingerprint density at radius 3 is 2.12 bits per heavy atom. The molecule has 0 bridgehead atoms. The van der Waals surface area contributed by atoms with Gasteiger partial charge in [-0.2, -0.15) is 0 Å². The smallest absolute Gasteiger partial charge is 0.338 e. The second-order valence-corrected chi connectivity index (χ2v) is 14.0. The van der Waals surface area contributed by atoms with E-state index in [0.29, 0.717) is 0 Å². The summed E-state index contributed by atoms with van der Waals surface area (Å²) in [6.07, 6.45) is -8.31. The Kier molecular flexibility index (Phi) is 7.39. The van der Waals surface area contributed by atoms with Gasteiger partial charge in [0.1, 0.15) is 75.4 Å². The van der Waals surface area contributed by atoms with Gasteiger partial charge in [0, 0.05) is 28.8 Å². The van der Waals surface area contributed by atoms with E-state index < -0.39 is 128 Å². The van der Waals surface area contributed by atoms with Crippen LogP contribution in [0.15, 0.2) is 45.6 Å². The normalized spacial score (nSPS) is 26.7. The van der Waals surface area contributed by atoms with Gasteiger partial charge in [-0.25, -0.2) is 0 Å². The number of Topliss-reactive ketones (excluding diaryl/α,β-unsaturated/α-hetero) is 1. The molecule has 0 aliphatic carbocycles. The molecule has 19 nitrogen and oxygen atoms in total. The summed E-state index contributed by atoms with van der Waals surface area (Å²) in [7, 11) is 0. The van der Waals surface area contributed by atoms with Gasteiger partial charge >= 0.3 is 5.79 Å². The van der Waals surface area contributed by atoms with E-state index in [2.05, 4.69) is 0 Å². The van der Waals surface area contributed by atoms with E-state index >= 15 is 0 Å². The van der Waals surface area contributed by atoms with E-state index in [4.69, 9.17) is 28.1 Å². The second-order valence-electron chi connectivity index (χ2n) is 14.0. The topological polar surface area (TPSA) is 316 Å². The first-order valence-electron chi connectivity index (χ1n) is 17.1. The van der Waals surface area contributed by atoms with Gasteiger partial charge in [-0.15, -0.1) is 0 Å². The van der Waals surface area contributed by atoms with Crippen molar-refractivity contribution in [1.29, 1.82) is 0 Å². The Bertz CT molecular complexity index is 2680. The lowest BCUT2D eigenvalue weighted by Crippen LogP contribution is -2.60. The number of phenols is 6. The molecule has 5 heterocycles. The molecular formula is C38H30O19. The molecule has 7 atom stereocenters. The quantitative estimate of drug-likeness (QED) is 0.114. The first kappa shape index (κ1) is 36.0. The highest BCUT2D eigenvalue weighted by molar-refractivity contribution is 6.12. The minimum atomic E-state index is -2.59. The van der Waals surface area contributed by atoms with Gasteiger partial charge in [-0.3, -0.25) is 9.59 Å². The third-order valence-corrected chi connectivity index (χ3v) is 10.8. The molecule has 9 rings (SSSR count). The van der Waals surface area contributed by atoms with Crippen LogP contribution in [0.25, 0.3) is 22.3 Å². The summed E-state index contributed by atoms with van der Waals surface area (Å²) in [5.41, 5.74) is -5.83. The zero-order valence-corrected chi connectivity index (χ0v) is 29.2. The molecule has 11 N–H and O–H groups in total. The number of aliphatic hydroxyl groups excluding tert-OH is 4. The van der Waals surface area contributed by atoms with Gasteiger partial charge in [0.25, 0.3) is 5.60 Å². The van der Waals surface area contributed by atoms with Crippen LogP contribution in [0.5, 0.6) is 63.2 Å². The number of hydrogen-bond donors (Lipinski definition) is 11. The zero-order chi connectivity index (χ0) is 40.8. The molecule has 296 valence electrons. The van der Waals surface area contributed by atoms with E-state index in [0.717, 1.165) is 30.3 Å². The van der Waals surface area contributed by atoms with Crippen LogP contribution in [0, 0.1) is 13.8 Å². The van der Waals surface area contributed by atoms with Crippen LogP contribution in [0.4, 0.5) is 0 Å². The number of hydrogen-bond acceptors (Lipinski definition) is 19. The standard InChI is InChI=1S/C38H30O19/c1-10-14(40)7-20-22(25(10)44)35(51)37-13-6-15(41)16(42)8-19(13)55-38(37,56-20)24-32(57-37)11(2)26(45)23-28(47)30(49)33(54-34(23)24)12-3-4-18(17(43)5-12)52-36-31(50)29(48)27(46)21(9-39)53-36/h3-8,21,27,29,31,36,39-46,48-50H,9H2,1-2H3. The molecule has 5 aromatic rings. The van der Waals surface area contributed by atoms with Crippen molar-refractivity contribution >= 4 is 16.8 Å². The molecule has 1 fully saturated rings. The third-order valence-electron chi connectivity index (χ3n) is 10.8. The number of ether oxygens (including phenoxy) is 5. The highest BCUT2D eigenvalue weighted by atomic mass is 16.7. The third kappa shape index (κ3) is 4.41. The summed E-state index contributed by atoms with van der Waals surface area (Å²) in [6.45, 7) is 1.89. The first-order valence-corrected chi connectivity index (χ1v) is 17.1. The van der Waals surface area contributed by atoms with Crippen LogP contribution in [0.1, 0.15) is 32.6 Å². The van der Waals surface area contributed by atoms with Crippen molar-refractivity contribution in [2.24, 2.45) is 0 Å². The summed E-state index contributed by atoms with van der Waals surface area (Å²) in [6, 6.07) is 6.22. The highest BCUT2D eigenvalue weighted by Gasteiger charge is 2.79. The Morgan fingerprint density at radius 1 is 0.737 bits per heavy atom. The minimum Gasteiger partial charge on any atom is -0.507 e. The number of benzene rings is 4. The molecule has 1 saturated heterocycles. The SMILES string of the molecule is Cc1c(O)cc2c(c1O)C(=O)C13Oc4c(C)c(O)c5c(=O)c(O)c(-c6ccc(OC7OC(CO)C(O)C(O)C7O)c(O)c6)oc5c4C1(Oc1cc(O)c(O)cc13)O2. The summed E-state index contributed by atoms with van der Waals surface area (Å²) >= 11 is 0. The van der Waals surface area contributed by atoms with E-state index in [9.17, 15) is 65.8 Å². The molecule has 57 heavy (non-hydrogen) atoms. The van der Waals surface area contributed by atoms with Gasteiger partial charge in [0.2, 0.25) is 23.3 Å². The summed E-state index contributed by atoms with van der Waals surface area (Å²) in [5.74, 6) is -10.7. The van der Waals surface area contributed by atoms with Crippen LogP contribution in [0.3, 0.4) is 0 Å². The van der Waals surface area contributed by atoms with Crippen molar-refractivity contribution in [2.75, 3.05) is 6.61 Å².